The Morgan fingerprint density at radius 3 is 2.79 bits per heavy atom. The average Bonchev–Trinajstić information content (AvgIpc) is 2.21. The highest BCUT2D eigenvalue weighted by Crippen LogP contribution is 2.09. The van der Waals surface area contributed by atoms with Crippen LogP contribution in [-0.2, 0) is 9.53 Å². The number of nitrogens with zero attached hydrogens (tertiary/aromatic N) is 1. The maximum atomic E-state index is 11.4. The molecule has 4 nitrogen and oxygen atoms in total. The van der Waals surface area contributed by atoms with E-state index in [1.807, 2.05) is 6.92 Å². The van der Waals surface area contributed by atoms with Crippen LogP contribution in [0, 0.1) is 0 Å². The van der Waals surface area contributed by atoms with Crippen molar-refractivity contribution < 1.29 is 9.53 Å². The Labute approximate surface area is 82.1 Å². The van der Waals surface area contributed by atoms with Gasteiger partial charge in [-0.15, -0.1) is 0 Å². The highest BCUT2D eigenvalue weighted by atomic mass is 16.5. The number of pyridine rings is 1. The molecule has 0 aliphatic carbocycles. The third-order valence-electron chi connectivity index (χ3n) is 2.05. The number of ether oxygens (including phenoxy) is 1. The molecule has 0 fully saturated rings. The van der Waals surface area contributed by atoms with Gasteiger partial charge in [-0.1, -0.05) is 13.0 Å². The number of hydrogen-bond donors (Lipinski definition) is 0. The summed E-state index contributed by atoms with van der Waals surface area (Å²) < 4.78 is 5.99. The summed E-state index contributed by atoms with van der Waals surface area (Å²) in [5.74, 6) is -0.388. The molecule has 0 radical (unpaired) electrons. The van der Waals surface area contributed by atoms with Gasteiger partial charge in [0, 0.05) is 12.3 Å². The molecule has 0 saturated heterocycles. The van der Waals surface area contributed by atoms with Gasteiger partial charge in [-0.05, 0) is 12.5 Å². The second-order valence-corrected chi connectivity index (χ2v) is 2.89. The molecule has 0 saturated carbocycles. The van der Waals surface area contributed by atoms with Gasteiger partial charge in [-0.2, -0.15) is 0 Å². The van der Waals surface area contributed by atoms with Crippen molar-refractivity contribution in [2.24, 2.45) is 0 Å². The van der Waals surface area contributed by atoms with Crippen LogP contribution >= 0.6 is 0 Å². The van der Waals surface area contributed by atoms with Crippen molar-refractivity contribution in [3.8, 4) is 0 Å². The molecule has 0 amide bonds. The molecule has 76 valence electrons. The van der Waals surface area contributed by atoms with Crippen molar-refractivity contribution >= 4 is 5.97 Å². The summed E-state index contributed by atoms with van der Waals surface area (Å²) in [7, 11) is 1.32. The van der Waals surface area contributed by atoms with Crippen LogP contribution in [0.1, 0.15) is 19.4 Å². The summed E-state index contributed by atoms with van der Waals surface area (Å²) in [6.07, 6.45) is 2.13. The van der Waals surface area contributed by atoms with E-state index in [1.54, 1.807) is 18.3 Å². The van der Waals surface area contributed by atoms with Crippen molar-refractivity contribution in [3.05, 3.63) is 34.7 Å². The number of hydrogen-bond acceptors (Lipinski definition) is 3. The lowest BCUT2D eigenvalue weighted by atomic mass is 10.2. The zero-order valence-corrected chi connectivity index (χ0v) is 8.27. The molecule has 0 aliphatic heterocycles. The fraction of sp³-hybridized carbons (Fsp3) is 0.400. The van der Waals surface area contributed by atoms with E-state index >= 15 is 0 Å². The topological polar surface area (TPSA) is 48.3 Å². The van der Waals surface area contributed by atoms with Gasteiger partial charge in [0.1, 0.15) is 6.04 Å². The first-order chi connectivity index (χ1) is 6.70. The van der Waals surface area contributed by atoms with Crippen molar-refractivity contribution in [2.45, 2.75) is 19.4 Å². The van der Waals surface area contributed by atoms with Crippen molar-refractivity contribution in [3.63, 3.8) is 0 Å². The minimum Gasteiger partial charge on any atom is -0.467 e. The molecule has 0 spiro atoms. The number of esters is 1. The standard InChI is InChI=1S/C10H13NO3/c1-3-8(10(13)14-2)11-7-5-4-6-9(11)12/h4-8H,3H2,1-2H3. The molecule has 0 bridgehead atoms. The highest BCUT2D eigenvalue weighted by Gasteiger charge is 2.18. The number of rotatable bonds is 3. The van der Waals surface area contributed by atoms with E-state index in [-0.39, 0.29) is 11.5 Å². The predicted molar refractivity (Wildman–Crippen MR) is 52.0 cm³/mol. The molecular weight excluding hydrogens is 182 g/mol. The monoisotopic (exact) mass is 195 g/mol. The van der Waals surface area contributed by atoms with Gasteiger partial charge in [0.05, 0.1) is 7.11 Å². The first kappa shape index (κ1) is 10.5. The Kier molecular flexibility index (Phi) is 3.45. The fourth-order valence-corrected chi connectivity index (χ4v) is 1.31. The number of aromatic nitrogens is 1. The van der Waals surface area contributed by atoms with Gasteiger partial charge in [0.2, 0.25) is 0 Å². The summed E-state index contributed by atoms with van der Waals surface area (Å²) in [6, 6.07) is 4.26. The van der Waals surface area contributed by atoms with E-state index in [1.165, 1.54) is 17.7 Å². The molecule has 1 unspecified atom stereocenters. The van der Waals surface area contributed by atoms with Crippen LogP contribution in [0.2, 0.25) is 0 Å². The predicted octanol–water partition coefficient (Wildman–Crippen LogP) is 0.972. The van der Waals surface area contributed by atoms with Gasteiger partial charge in [-0.25, -0.2) is 4.79 Å². The average molecular weight is 195 g/mol. The van der Waals surface area contributed by atoms with E-state index in [9.17, 15) is 9.59 Å². The van der Waals surface area contributed by atoms with E-state index < -0.39 is 6.04 Å². The number of methoxy groups -OCH3 is 1. The van der Waals surface area contributed by atoms with Gasteiger partial charge < -0.3 is 9.30 Å². The molecule has 1 atom stereocenters. The Hall–Kier alpha value is -1.58. The van der Waals surface area contributed by atoms with Gasteiger partial charge in [0.25, 0.3) is 5.56 Å². The van der Waals surface area contributed by atoms with Crippen LogP contribution in [0.15, 0.2) is 29.2 Å². The van der Waals surface area contributed by atoms with Crippen molar-refractivity contribution in [2.75, 3.05) is 7.11 Å². The Bertz CT molecular complexity index is 370. The second-order valence-electron chi connectivity index (χ2n) is 2.89. The Balaban J connectivity index is 3.07. The van der Waals surface area contributed by atoms with E-state index in [0.29, 0.717) is 6.42 Å². The minimum absolute atomic E-state index is 0.190. The highest BCUT2D eigenvalue weighted by molar-refractivity contribution is 5.73. The van der Waals surface area contributed by atoms with E-state index in [0.717, 1.165) is 0 Å². The Morgan fingerprint density at radius 1 is 1.57 bits per heavy atom. The van der Waals surface area contributed by atoms with Crippen molar-refractivity contribution in [1.29, 1.82) is 0 Å². The smallest absolute Gasteiger partial charge is 0.328 e. The minimum atomic E-state index is -0.520. The first-order valence-electron chi connectivity index (χ1n) is 4.45. The third-order valence-corrected chi connectivity index (χ3v) is 2.05. The molecule has 1 aromatic rings. The number of carbonyl (C=O) groups is 1. The summed E-state index contributed by atoms with van der Waals surface area (Å²) in [6.45, 7) is 1.83. The zero-order valence-electron chi connectivity index (χ0n) is 8.27. The lowest BCUT2D eigenvalue weighted by Crippen LogP contribution is -2.29. The van der Waals surface area contributed by atoms with Crippen LogP contribution < -0.4 is 5.56 Å². The molecule has 0 aliphatic rings. The quantitative estimate of drug-likeness (QED) is 0.675. The molecule has 14 heavy (non-hydrogen) atoms. The largest absolute Gasteiger partial charge is 0.467 e. The lowest BCUT2D eigenvalue weighted by Gasteiger charge is -2.14. The molecule has 0 N–H and O–H groups in total. The summed E-state index contributed by atoms with van der Waals surface area (Å²) in [5, 5.41) is 0. The zero-order chi connectivity index (χ0) is 10.6. The normalized spacial score (nSPS) is 12.1. The molecule has 1 aromatic heterocycles. The van der Waals surface area contributed by atoms with Gasteiger partial charge >= 0.3 is 5.97 Å². The van der Waals surface area contributed by atoms with Crippen LogP contribution in [0.4, 0.5) is 0 Å². The fourth-order valence-electron chi connectivity index (χ4n) is 1.31. The Morgan fingerprint density at radius 2 is 2.29 bits per heavy atom. The summed E-state index contributed by atoms with van der Waals surface area (Å²) >= 11 is 0. The molecule has 1 rings (SSSR count). The SMILES string of the molecule is CCC(C(=O)OC)n1ccccc1=O. The third kappa shape index (κ3) is 2.02. The molecule has 1 heterocycles. The lowest BCUT2D eigenvalue weighted by molar-refractivity contribution is -0.144. The maximum Gasteiger partial charge on any atom is 0.328 e. The molecule has 4 heteroatoms. The van der Waals surface area contributed by atoms with Crippen LogP contribution in [0.3, 0.4) is 0 Å². The van der Waals surface area contributed by atoms with Crippen LogP contribution in [-0.4, -0.2) is 17.6 Å². The van der Waals surface area contributed by atoms with Crippen molar-refractivity contribution in [1.82, 2.24) is 4.57 Å². The van der Waals surface area contributed by atoms with Gasteiger partial charge in [-0.3, -0.25) is 4.79 Å². The summed E-state index contributed by atoms with van der Waals surface area (Å²) in [5.41, 5.74) is -0.190. The van der Waals surface area contributed by atoms with Crippen LogP contribution in [0.25, 0.3) is 0 Å². The number of carbonyl (C=O) groups excluding carboxylic acids is 1. The summed E-state index contributed by atoms with van der Waals surface area (Å²) in [4.78, 5) is 22.7. The van der Waals surface area contributed by atoms with E-state index in [4.69, 9.17) is 0 Å². The van der Waals surface area contributed by atoms with Crippen LogP contribution in [0.5, 0.6) is 0 Å². The molecule has 0 aromatic carbocycles. The van der Waals surface area contributed by atoms with E-state index in [2.05, 4.69) is 4.74 Å². The van der Waals surface area contributed by atoms with Gasteiger partial charge in [0.15, 0.2) is 0 Å². The molecular formula is C10H13NO3. The first-order valence-corrected chi connectivity index (χ1v) is 4.45. The second kappa shape index (κ2) is 4.60. The maximum absolute atomic E-state index is 11.4.